The summed E-state index contributed by atoms with van der Waals surface area (Å²) < 4.78 is 15.2. The van der Waals surface area contributed by atoms with Gasteiger partial charge in [-0.25, -0.2) is 9.37 Å². The molecule has 2 aromatic rings. The highest BCUT2D eigenvalue weighted by Gasteiger charge is 2.06. The number of hydrogen-bond acceptors (Lipinski definition) is 2. The van der Waals surface area contributed by atoms with E-state index in [1.165, 1.54) is 6.07 Å². The SMILES string of the molecule is O=C(Cc1ccccc1F)NCCn1ccnc1. The van der Waals surface area contributed by atoms with Gasteiger partial charge < -0.3 is 9.88 Å². The maximum Gasteiger partial charge on any atom is 0.224 e. The van der Waals surface area contributed by atoms with Gasteiger partial charge in [0.2, 0.25) is 5.91 Å². The number of nitrogens with zero attached hydrogens (tertiary/aromatic N) is 2. The minimum atomic E-state index is -0.345. The summed E-state index contributed by atoms with van der Waals surface area (Å²) in [6.07, 6.45) is 5.25. The Morgan fingerprint density at radius 1 is 1.39 bits per heavy atom. The fraction of sp³-hybridized carbons (Fsp3) is 0.231. The number of benzene rings is 1. The van der Waals surface area contributed by atoms with Crippen molar-refractivity contribution in [2.75, 3.05) is 6.54 Å². The predicted octanol–water partition coefficient (Wildman–Crippen LogP) is 1.38. The summed E-state index contributed by atoms with van der Waals surface area (Å²) in [5.41, 5.74) is 0.414. The van der Waals surface area contributed by atoms with Crippen LogP contribution in [-0.4, -0.2) is 22.0 Å². The van der Waals surface area contributed by atoms with Crippen molar-refractivity contribution < 1.29 is 9.18 Å². The first kappa shape index (κ1) is 12.3. The molecule has 4 nitrogen and oxygen atoms in total. The van der Waals surface area contributed by atoms with Gasteiger partial charge in [0.15, 0.2) is 0 Å². The molecule has 0 bridgehead atoms. The number of amides is 1. The molecule has 1 amide bonds. The Balaban J connectivity index is 1.77. The van der Waals surface area contributed by atoms with Crippen LogP contribution in [0.1, 0.15) is 5.56 Å². The number of rotatable bonds is 5. The third-order valence-corrected chi connectivity index (χ3v) is 2.56. The van der Waals surface area contributed by atoms with E-state index in [0.717, 1.165) is 0 Å². The van der Waals surface area contributed by atoms with Crippen LogP contribution in [0.15, 0.2) is 43.0 Å². The van der Waals surface area contributed by atoms with Gasteiger partial charge in [0.1, 0.15) is 5.82 Å². The van der Waals surface area contributed by atoms with Crippen molar-refractivity contribution in [2.45, 2.75) is 13.0 Å². The highest BCUT2D eigenvalue weighted by atomic mass is 19.1. The van der Waals surface area contributed by atoms with E-state index < -0.39 is 0 Å². The van der Waals surface area contributed by atoms with Gasteiger partial charge in [0.05, 0.1) is 12.7 Å². The van der Waals surface area contributed by atoms with Gasteiger partial charge in [0, 0.05) is 25.5 Å². The molecule has 0 saturated heterocycles. The van der Waals surface area contributed by atoms with Gasteiger partial charge in [0.25, 0.3) is 0 Å². The second kappa shape index (κ2) is 5.95. The first-order chi connectivity index (χ1) is 8.75. The summed E-state index contributed by atoms with van der Waals surface area (Å²) >= 11 is 0. The maximum absolute atomic E-state index is 13.3. The fourth-order valence-corrected chi connectivity index (χ4v) is 1.62. The molecule has 0 spiro atoms. The van der Waals surface area contributed by atoms with E-state index in [4.69, 9.17) is 0 Å². The molecule has 0 unspecified atom stereocenters. The Kier molecular flexibility index (Phi) is 4.06. The summed E-state index contributed by atoms with van der Waals surface area (Å²) in [5, 5.41) is 2.74. The Hall–Kier alpha value is -2.17. The predicted molar refractivity (Wildman–Crippen MR) is 65.3 cm³/mol. The fourth-order valence-electron chi connectivity index (χ4n) is 1.62. The molecule has 0 aliphatic rings. The molecule has 18 heavy (non-hydrogen) atoms. The number of hydrogen-bond donors (Lipinski definition) is 1. The van der Waals surface area contributed by atoms with Crippen LogP contribution in [0.3, 0.4) is 0 Å². The standard InChI is InChI=1S/C13H14FN3O/c14-12-4-2-1-3-11(12)9-13(18)16-6-8-17-7-5-15-10-17/h1-5,7,10H,6,8-9H2,(H,16,18). The second-order valence-corrected chi connectivity index (χ2v) is 3.92. The van der Waals surface area contributed by atoms with E-state index in [-0.39, 0.29) is 18.1 Å². The van der Waals surface area contributed by atoms with Crippen LogP contribution < -0.4 is 5.32 Å². The number of carbonyl (C=O) groups excluding carboxylic acids is 1. The second-order valence-electron chi connectivity index (χ2n) is 3.92. The van der Waals surface area contributed by atoms with Crippen LogP contribution in [0.2, 0.25) is 0 Å². The maximum atomic E-state index is 13.3. The minimum absolute atomic E-state index is 0.0661. The molecule has 1 N–H and O–H groups in total. The van der Waals surface area contributed by atoms with Crippen molar-refractivity contribution in [3.05, 3.63) is 54.4 Å². The number of imidazole rings is 1. The van der Waals surface area contributed by atoms with Gasteiger partial charge in [-0.05, 0) is 11.6 Å². The molecule has 1 aromatic heterocycles. The van der Waals surface area contributed by atoms with Crippen LogP contribution >= 0.6 is 0 Å². The normalized spacial score (nSPS) is 10.3. The van der Waals surface area contributed by atoms with Crippen molar-refractivity contribution in [2.24, 2.45) is 0 Å². The van der Waals surface area contributed by atoms with Crippen LogP contribution in [0.5, 0.6) is 0 Å². The number of nitrogens with one attached hydrogen (secondary N) is 1. The van der Waals surface area contributed by atoms with E-state index >= 15 is 0 Å². The number of carbonyl (C=O) groups is 1. The van der Waals surface area contributed by atoms with Crippen LogP contribution in [0, 0.1) is 5.82 Å². The molecular weight excluding hydrogens is 233 g/mol. The summed E-state index contributed by atoms with van der Waals surface area (Å²) in [6.45, 7) is 1.16. The lowest BCUT2D eigenvalue weighted by Crippen LogP contribution is -2.28. The molecule has 94 valence electrons. The first-order valence-corrected chi connectivity index (χ1v) is 5.71. The number of aromatic nitrogens is 2. The van der Waals surface area contributed by atoms with Crippen LogP contribution in [0.25, 0.3) is 0 Å². The number of halogens is 1. The summed E-state index contributed by atoms with van der Waals surface area (Å²) in [5.74, 6) is -0.525. The van der Waals surface area contributed by atoms with Crippen molar-refractivity contribution in [1.82, 2.24) is 14.9 Å². The van der Waals surface area contributed by atoms with E-state index in [1.807, 2.05) is 10.8 Å². The molecule has 0 fully saturated rings. The minimum Gasteiger partial charge on any atom is -0.354 e. The van der Waals surface area contributed by atoms with E-state index in [2.05, 4.69) is 10.3 Å². The van der Waals surface area contributed by atoms with Crippen molar-refractivity contribution in [1.29, 1.82) is 0 Å². The highest BCUT2D eigenvalue weighted by molar-refractivity contribution is 5.78. The summed E-state index contributed by atoms with van der Waals surface area (Å²) in [7, 11) is 0. The van der Waals surface area contributed by atoms with Crippen molar-refractivity contribution in [3.63, 3.8) is 0 Å². The van der Waals surface area contributed by atoms with Gasteiger partial charge in [-0.2, -0.15) is 0 Å². The van der Waals surface area contributed by atoms with Gasteiger partial charge >= 0.3 is 0 Å². The van der Waals surface area contributed by atoms with Gasteiger partial charge in [-0.15, -0.1) is 0 Å². The molecule has 5 heteroatoms. The average Bonchev–Trinajstić information content (AvgIpc) is 2.85. The zero-order valence-electron chi connectivity index (χ0n) is 9.84. The third kappa shape index (κ3) is 3.41. The lowest BCUT2D eigenvalue weighted by atomic mass is 10.1. The van der Waals surface area contributed by atoms with Crippen LogP contribution in [-0.2, 0) is 17.8 Å². The monoisotopic (exact) mass is 247 g/mol. The zero-order chi connectivity index (χ0) is 12.8. The van der Waals surface area contributed by atoms with Crippen molar-refractivity contribution in [3.8, 4) is 0 Å². The molecule has 1 aromatic carbocycles. The molecule has 2 rings (SSSR count). The topological polar surface area (TPSA) is 46.9 Å². The Morgan fingerprint density at radius 2 is 2.22 bits per heavy atom. The highest BCUT2D eigenvalue weighted by Crippen LogP contribution is 2.06. The molecule has 0 aliphatic heterocycles. The quantitative estimate of drug-likeness (QED) is 0.867. The molecule has 0 aliphatic carbocycles. The van der Waals surface area contributed by atoms with Gasteiger partial charge in [-0.3, -0.25) is 4.79 Å². The van der Waals surface area contributed by atoms with Crippen molar-refractivity contribution >= 4 is 5.91 Å². The third-order valence-electron chi connectivity index (χ3n) is 2.56. The smallest absolute Gasteiger partial charge is 0.224 e. The van der Waals surface area contributed by atoms with Crippen LogP contribution in [0.4, 0.5) is 4.39 Å². The van der Waals surface area contributed by atoms with E-state index in [9.17, 15) is 9.18 Å². The molecule has 0 atom stereocenters. The summed E-state index contributed by atoms with van der Waals surface area (Å²) in [4.78, 5) is 15.5. The largest absolute Gasteiger partial charge is 0.354 e. The molecule has 1 heterocycles. The Bertz CT molecular complexity index is 511. The van der Waals surface area contributed by atoms with Gasteiger partial charge in [-0.1, -0.05) is 18.2 Å². The Labute approximate surface area is 104 Å². The zero-order valence-corrected chi connectivity index (χ0v) is 9.84. The molecule has 0 saturated carbocycles. The van der Waals surface area contributed by atoms with E-state index in [0.29, 0.717) is 18.7 Å². The molecular formula is C13H14FN3O. The Morgan fingerprint density at radius 3 is 2.94 bits per heavy atom. The summed E-state index contributed by atoms with van der Waals surface area (Å²) in [6, 6.07) is 6.30. The lowest BCUT2D eigenvalue weighted by Gasteiger charge is -2.06. The first-order valence-electron chi connectivity index (χ1n) is 5.71. The van der Waals surface area contributed by atoms with E-state index in [1.54, 1.807) is 30.7 Å². The molecule has 0 radical (unpaired) electrons. The lowest BCUT2D eigenvalue weighted by molar-refractivity contribution is -0.120. The average molecular weight is 247 g/mol.